The van der Waals surface area contributed by atoms with Crippen molar-refractivity contribution in [2.24, 2.45) is 0 Å². The fraction of sp³-hybridized carbons (Fsp3) is 0.109. The second-order valence-corrected chi connectivity index (χ2v) is 20.8. The molecular weight excluding hydrogens is 952 g/mol. The second kappa shape index (κ2) is 17.3. The third-order valence-corrected chi connectivity index (χ3v) is 15.5. The highest BCUT2D eigenvalue weighted by Crippen LogP contribution is 2.58. The summed E-state index contributed by atoms with van der Waals surface area (Å²) in [5.74, 6) is 1.44. The molecular formula is C55H42Cl2N2O8S2. The van der Waals surface area contributed by atoms with E-state index in [9.17, 15) is 21.4 Å². The van der Waals surface area contributed by atoms with E-state index >= 15 is 0 Å². The van der Waals surface area contributed by atoms with Crippen molar-refractivity contribution in [1.82, 2.24) is 4.58 Å². The normalized spacial score (nSPS) is 14.6. The third-order valence-electron chi connectivity index (χ3n) is 12.8. The molecule has 3 aliphatic heterocycles. The molecule has 69 heavy (non-hydrogen) atoms. The van der Waals surface area contributed by atoms with Gasteiger partial charge in [-0.3, -0.25) is 0 Å². The first-order valence-electron chi connectivity index (χ1n) is 21.8. The lowest BCUT2D eigenvalue weighted by Gasteiger charge is -2.36. The van der Waals surface area contributed by atoms with Crippen LogP contribution in [0.1, 0.15) is 33.4 Å². The van der Waals surface area contributed by atoms with Crippen molar-refractivity contribution in [3.63, 3.8) is 0 Å². The Morgan fingerprint density at radius 3 is 1.96 bits per heavy atom. The predicted octanol–water partition coefficient (Wildman–Crippen LogP) is 12.6. The summed E-state index contributed by atoms with van der Waals surface area (Å²) >= 11 is 12.2. The van der Waals surface area contributed by atoms with E-state index in [1.54, 1.807) is 78.9 Å². The number of rotatable bonds is 5. The lowest BCUT2D eigenvalue weighted by Crippen LogP contribution is -2.33. The molecule has 346 valence electrons. The average molecular weight is 994 g/mol. The van der Waals surface area contributed by atoms with E-state index in [4.69, 9.17) is 36.5 Å². The van der Waals surface area contributed by atoms with Gasteiger partial charge in [0, 0.05) is 90.5 Å². The van der Waals surface area contributed by atoms with E-state index in [-0.39, 0.29) is 9.79 Å². The predicted molar refractivity (Wildman–Crippen MR) is 270 cm³/mol. The molecule has 0 unspecified atom stereocenters. The van der Waals surface area contributed by atoms with Gasteiger partial charge in [-0.1, -0.05) is 108 Å². The van der Waals surface area contributed by atoms with Crippen molar-refractivity contribution in [2.75, 3.05) is 19.0 Å². The molecule has 7 aromatic rings. The van der Waals surface area contributed by atoms with Crippen LogP contribution in [0.15, 0.2) is 178 Å². The smallest absolute Gasteiger partial charge is 0.298 e. The Bertz CT molecular complexity index is 3780. The summed E-state index contributed by atoms with van der Waals surface area (Å²) in [6, 6.07) is 49.3. The first-order valence-corrected chi connectivity index (χ1v) is 25.3. The quantitative estimate of drug-likeness (QED) is 0.0716. The highest BCUT2D eigenvalue weighted by Gasteiger charge is 2.55. The zero-order chi connectivity index (χ0) is 48.6. The first-order chi connectivity index (χ1) is 33.0. The van der Waals surface area contributed by atoms with E-state index < -0.39 is 25.8 Å². The molecule has 0 aromatic heterocycles. The number of halogens is 2. The van der Waals surface area contributed by atoms with E-state index in [0.29, 0.717) is 71.7 Å². The first kappa shape index (κ1) is 46.0. The Kier molecular flexibility index (Phi) is 11.5. The van der Waals surface area contributed by atoms with Crippen molar-refractivity contribution < 1.29 is 34.7 Å². The number of nitrogens with zero attached hydrogens (tertiary/aromatic N) is 2. The third kappa shape index (κ3) is 7.96. The minimum atomic E-state index is -4.75. The molecule has 0 radical (unpaired) electrons. The van der Waals surface area contributed by atoms with Crippen LogP contribution in [-0.4, -0.2) is 35.5 Å². The Hall–Kier alpha value is -6.77. The van der Waals surface area contributed by atoms with Crippen LogP contribution in [0.25, 0.3) is 33.4 Å². The molecule has 0 atom stereocenters. The molecule has 7 aromatic carbocycles. The lowest BCUT2D eigenvalue weighted by atomic mass is 9.78. The van der Waals surface area contributed by atoms with Gasteiger partial charge in [0.2, 0.25) is 11.0 Å². The minimum Gasteiger partial charge on any atom is -0.744 e. The van der Waals surface area contributed by atoms with Gasteiger partial charge in [0.05, 0.1) is 11.0 Å². The Balaban J connectivity index is 0.000000180. The van der Waals surface area contributed by atoms with Crippen LogP contribution in [0.4, 0.5) is 17.1 Å². The summed E-state index contributed by atoms with van der Waals surface area (Å²) < 4.78 is 83.2. The summed E-state index contributed by atoms with van der Waals surface area (Å²) in [6.07, 6.45) is 0. The van der Waals surface area contributed by atoms with Crippen LogP contribution < -0.4 is 19.6 Å². The molecule has 4 aliphatic rings. The molecule has 0 fully saturated rings. The second-order valence-electron chi connectivity index (χ2n) is 17.0. The molecule has 1 spiro atoms. The van der Waals surface area contributed by atoms with E-state index in [1.165, 1.54) is 6.07 Å². The number of hydrogen-bond acceptors (Lipinski definition) is 9. The standard InChI is InChI=1S/C36H32N2O4S.C19H10Cl2O4S/c1-23-11-6-8-15-31(23)37(4)26-17-19-28-32(21-26)42-33-22-27(38(5)36-24(2)12-10-13-25(36)3)18-20-29(33)35(28)30-14-7-9-16-34(30)43(39,40)41;20-11-5-7-13-16(9-11)24-17-10-12(21)6-8-14(17)19(13)15-3-1-2-4-18(15)26(22,23)25-19/h6-22H,1-5H3;1-10H. The number of aryl methyl sites for hydroxylation is 3. The lowest BCUT2D eigenvalue weighted by molar-refractivity contribution is 0.164. The van der Waals surface area contributed by atoms with Crippen LogP contribution in [0.5, 0.6) is 11.5 Å². The maximum atomic E-state index is 12.8. The van der Waals surface area contributed by atoms with Crippen LogP contribution in [0.3, 0.4) is 0 Å². The van der Waals surface area contributed by atoms with Crippen molar-refractivity contribution in [3.8, 4) is 33.9 Å². The van der Waals surface area contributed by atoms with Crippen LogP contribution in [0, 0.1) is 20.8 Å². The van der Waals surface area contributed by atoms with E-state index in [2.05, 4.69) is 54.5 Å². The number of anilines is 2. The molecule has 11 rings (SSSR count). The van der Waals surface area contributed by atoms with Gasteiger partial charge in [-0.05, 0) is 87.0 Å². The molecule has 0 saturated carbocycles. The van der Waals surface area contributed by atoms with Crippen molar-refractivity contribution in [2.45, 2.75) is 36.2 Å². The van der Waals surface area contributed by atoms with Gasteiger partial charge < -0.3 is 18.6 Å². The number of fused-ring (bicyclic) bond motifs is 8. The fourth-order valence-electron chi connectivity index (χ4n) is 9.63. The monoisotopic (exact) mass is 992 g/mol. The molecule has 0 N–H and O–H groups in total. The van der Waals surface area contributed by atoms with Gasteiger partial charge in [-0.25, -0.2) is 12.6 Å². The summed E-state index contributed by atoms with van der Waals surface area (Å²) in [5.41, 5.74) is 9.12. The Morgan fingerprint density at radius 2 is 1.28 bits per heavy atom. The molecule has 0 amide bonds. The van der Waals surface area contributed by atoms with Crippen molar-refractivity contribution in [1.29, 1.82) is 0 Å². The van der Waals surface area contributed by atoms with Crippen LogP contribution in [0.2, 0.25) is 10.0 Å². The maximum absolute atomic E-state index is 12.8. The topological polar surface area (TPSA) is 129 Å². The molecule has 14 heteroatoms. The van der Waals surface area contributed by atoms with Gasteiger partial charge in [0.25, 0.3) is 10.1 Å². The molecule has 3 heterocycles. The summed E-state index contributed by atoms with van der Waals surface area (Å²) in [5, 5.41) is 2.57. The zero-order valence-corrected chi connectivity index (χ0v) is 41.0. The van der Waals surface area contributed by atoms with E-state index in [0.717, 1.165) is 39.1 Å². The SMILES string of the molecule is Cc1ccccc1N(C)c1ccc2c(-c3ccccc3S(=O)(=O)[O-])c3ccc(=[N+](C)c4c(C)cccc4C)cc-3oc2c1.O=S1(=O)OC2(c3ccc(Cl)cc3Oc3cc(Cl)ccc32)c2ccccc21. The van der Waals surface area contributed by atoms with Crippen molar-refractivity contribution in [3.05, 3.63) is 213 Å². The summed E-state index contributed by atoms with van der Waals surface area (Å²) in [7, 11) is -4.66. The minimum absolute atomic E-state index is 0.142. The van der Waals surface area contributed by atoms with Gasteiger partial charge in [0.15, 0.2) is 5.60 Å². The highest BCUT2D eigenvalue weighted by atomic mass is 35.5. The Labute approximate surface area is 410 Å². The van der Waals surface area contributed by atoms with Gasteiger partial charge >= 0.3 is 0 Å². The van der Waals surface area contributed by atoms with Crippen molar-refractivity contribution >= 4 is 71.5 Å². The molecule has 10 nitrogen and oxygen atoms in total. The molecule has 0 bridgehead atoms. The number of ether oxygens (including phenoxy) is 1. The number of benzene rings is 8. The zero-order valence-electron chi connectivity index (χ0n) is 37.8. The molecule has 1 aliphatic carbocycles. The number of para-hydroxylation sites is 2. The molecule has 0 saturated heterocycles. The largest absolute Gasteiger partial charge is 0.744 e. The van der Waals surface area contributed by atoms with Crippen LogP contribution >= 0.6 is 23.2 Å². The van der Waals surface area contributed by atoms with E-state index in [1.807, 2.05) is 68.7 Å². The fourth-order valence-corrected chi connectivity index (χ4v) is 12.0. The maximum Gasteiger partial charge on any atom is 0.298 e. The van der Waals surface area contributed by atoms with Gasteiger partial charge in [-0.15, -0.1) is 0 Å². The highest BCUT2D eigenvalue weighted by molar-refractivity contribution is 7.87. The Morgan fingerprint density at radius 1 is 0.652 bits per heavy atom. The number of hydrogen-bond donors (Lipinski definition) is 0. The van der Waals surface area contributed by atoms with Gasteiger partial charge in [-0.2, -0.15) is 13.0 Å². The summed E-state index contributed by atoms with van der Waals surface area (Å²) in [6.45, 7) is 6.24. The van der Waals surface area contributed by atoms with Gasteiger partial charge in [0.1, 0.15) is 44.9 Å². The average Bonchev–Trinajstić information content (AvgIpc) is 3.56. The van der Waals surface area contributed by atoms with Crippen LogP contribution in [-0.2, 0) is 30.0 Å². The summed E-state index contributed by atoms with van der Waals surface area (Å²) in [4.78, 5) is 1.97.